The van der Waals surface area contributed by atoms with Gasteiger partial charge in [-0.05, 0) is 41.7 Å². The van der Waals surface area contributed by atoms with Crippen molar-refractivity contribution in [1.82, 2.24) is 5.32 Å². The Morgan fingerprint density at radius 1 is 1.00 bits per heavy atom. The lowest BCUT2D eigenvalue weighted by Crippen LogP contribution is -2.31. The molecule has 2 aromatic carbocycles. The summed E-state index contributed by atoms with van der Waals surface area (Å²) in [6.45, 7) is 4.01. The summed E-state index contributed by atoms with van der Waals surface area (Å²) in [5.41, 5.74) is 2.10. The molecule has 0 heterocycles. The summed E-state index contributed by atoms with van der Waals surface area (Å²) in [4.78, 5) is 23.6. The normalized spacial score (nSPS) is 10.4. The van der Waals surface area contributed by atoms with E-state index in [9.17, 15) is 9.59 Å². The number of nitrogens with one attached hydrogen (secondary N) is 1. The number of hydrogen-bond acceptors (Lipinski definition) is 5. The highest BCUT2D eigenvalue weighted by atomic mass is 16.6. The molecule has 1 amide bonds. The highest BCUT2D eigenvalue weighted by molar-refractivity contribution is 5.80. The Morgan fingerprint density at radius 2 is 1.71 bits per heavy atom. The van der Waals surface area contributed by atoms with E-state index >= 15 is 0 Å². The number of carbonyl (C=O) groups excluding carboxylic acids is 2. The van der Waals surface area contributed by atoms with Gasteiger partial charge in [0, 0.05) is 6.54 Å². The second-order valence-corrected chi connectivity index (χ2v) is 6.59. The van der Waals surface area contributed by atoms with Crippen LogP contribution < -0.4 is 14.8 Å². The number of carbonyl (C=O) groups is 2. The summed E-state index contributed by atoms with van der Waals surface area (Å²) in [5.74, 6) is 0.799. The molecule has 0 spiro atoms. The van der Waals surface area contributed by atoms with Crippen LogP contribution in [0.25, 0.3) is 0 Å². The molecule has 0 aliphatic heterocycles. The third kappa shape index (κ3) is 6.95. The molecular formula is C22H27NO5. The number of benzene rings is 2. The molecule has 0 aliphatic rings. The molecule has 2 aromatic rings. The Bertz CT molecular complexity index is 771. The smallest absolute Gasteiger partial charge is 0.344 e. The van der Waals surface area contributed by atoms with Gasteiger partial charge in [-0.25, -0.2) is 4.79 Å². The predicted molar refractivity (Wildman–Crippen MR) is 107 cm³/mol. The number of hydrogen-bond donors (Lipinski definition) is 1. The molecule has 0 atom stereocenters. The van der Waals surface area contributed by atoms with Crippen LogP contribution in [0.1, 0.15) is 30.9 Å². The molecular weight excluding hydrogens is 358 g/mol. The molecule has 6 heteroatoms. The average Bonchev–Trinajstić information content (AvgIpc) is 2.71. The van der Waals surface area contributed by atoms with Gasteiger partial charge < -0.3 is 19.5 Å². The molecule has 0 saturated heterocycles. The van der Waals surface area contributed by atoms with E-state index in [1.54, 1.807) is 7.11 Å². The van der Waals surface area contributed by atoms with E-state index in [-0.39, 0.29) is 25.0 Å². The second-order valence-electron chi connectivity index (χ2n) is 6.59. The first kappa shape index (κ1) is 21.3. The molecule has 2 rings (SSSR count). The molecule has 28 heavy (non-hydrogen) atoms. The van der Waals surface area contributed by atoms with Crippen LogP contribution in [0.3, 0.4) is 0 Å². The van der Waals surface area contributed by atoms with Gasteiger partial charge in [0.25, 0.3) is 5.91 Å². The Balaban J connectivity index is 1.66. The zero-order valence-electron chi connectivity index (χ0n) is 16.6. The van der Waals surface area contributed by atoms with Gasteiger partial charge in [-0.2, -0.15) is 0 Å². The van der Waals surface area contributed by atoms with E-state index in [2.05, 4.69) is 19.2 Å². The Kier molecular flexibility index (Phi) is 8.34. The largest absolute Gasteiger partial charge is 0.497 e. The van der Waals surface area contributed by atoms with Crippen LogP contribution in [0.2, 0.25) is 0 Å². The van der Waals surface area contributed by atoms with Gasteiger partial charge in [0.1, 0.15) is 11.5 Å². The van der Waals surface area contributed by atoms with Crippen molar-refractivity contribution in [3.8, 4) is 11.5 Å². The molecule has 0 bridgehead atoms. The number of rotatable bonds is 10. The monoisotopic (exact) mass is 385 g/mol. The van der Waals surface area contributed by atoms with Crippen LogP contribution in [0, 0.1) is 0 Å². The van der Waals surface area contributed by atoms with Crippen molar-refractivity contribution in [2.24, 2.45) is 0 Å². The fourth-order valence-corrected chi connectivity index (χ4v) is 2.60. The number of esters is 1. The molecule has 150 valence electrons. The highest BCUT2D eigenvalue weighted by Crippen LogP contribution is 2.25. The summed E-state index contributed by atoms with van der Waals surface area (Å²) < 4.78 is 15.6. The predicted octanol–water partition coefficient (Wildman–Crippen LogP) is 3.10. The molecule has 0 aromatic heterocycles. The first-order valence-corrected chi connectivity index (χ1v) is 9.26. The van der Waals surface area contributed by atoms with Gasteiger partial charge in [-0.15, -0.1) is 0 Å². The number of para-hydroxylation sites is 1. The minimum atomic E-state index is -0.580. The van der Waals surface area contributed by atoms with Crippen LogP contribution in [0.5, 0.6) is 11.5 Å². The van der Waals surface area contributed by atoms with E-state index in [1.165, 1.54) is 0 Å². The van der Waals surface area contributed by atoms with Crippen LogP contribution in [-0.2, 0) is 20.7 Å². The van der Waals surface area contributed by atoms with Crippen molar-refractivity contribution in [3.63, 3.8) is 0 Å². The molecule has 0 radical (unpaired) electrons. The summed E-state index contributed by atoms with van der Waals surface area (Å²) in [6, 6.07) is 15.2. The van der Waals surface area contributed by atoms with Crippen molar-refractivity contribution >= 4 is 11.9 Å². The maximum atomic E-state index is 11.8. The minimum absolute atomic E-state index is 0.233. The zero-order chi connectivity index (χ0) is 20.4. The summed E-state index contributed by atoms with van der Waals surface area (Å²) >= 11 is 0. The third-order valence-corrected chi connectivity index (χ3v) is 4.15. The number of amides is 1. The van der Waals surface area contributed by atoms with Crippen LogP contribution in [0.15, 0.2) is 48.5 Å². The molecule has 0 saturated carbocycles. The average molecular weight is 385 g/mol. The van der Waals surface area contributed by atoms with Crippen molar-refractivity contribution in [3.05, 3.63) is 59.7 Å². The molecule has 1 N–H and O–H groups in total. The standard InChI is InChI=1S/C22H27NO5/c1-16(2)19-6-4-5-7-20(19)27-15-22(25)28-14-21(24)23-13-12-17-8-10-18(26-3)11-9-17/h4-11,16H,12-15H2,1-3H3,(H,23,24). The molecule has 6 nitrogen and oxygen atoms in total. The van der Waals surface area contributed by atoms with Crippen molar-refractivity contribution in [1.29, 1.82) is 0 Å². The van der Waals surface area contributed by atoms with E-state index in [0.29, 0.717) is 18.7 Å². The lowest BCUT2D eigenvalue weighted by atomic mass is 10.0. The fourth-order valence-electron chi connectivity index (χ4n) is 2.60. The lowest BCUT2D eigenvalue weighted by Gasteiger charge is -2.13. The third-order valence-electron chi connectivity index (χ3n) is 4.15. The number of ether oxygens (including phenoxy) is 3. The van der Waals surface area contributed by atoms with Gasteiger partial charge in [0.05, 0.1) is 7.11 Å². The van der Waals surface area contributed by atoms with Crippen LogP contribution in [0.4, 0.5) is 0 Å². The van der Waals surface area contributed by atoms with Gasteiger partial charge in [0.2, 0.25) is 0 Å². The van der Waals surface area contributed by atoms with Crippen LogP contribution in [-0.4, -0.2) is 38.7 Å². The maximum Gasteiger partial charge on any atom is 0.344 e. The summed E-state index contributed by atoms with van der Waals surface area (Å²) in [5, 5.41) is 2.72. The summed E-state index contributed by atoms with van der Waals surface area (Å²) in [7, 11) is 1.62. The van der Waals surface area contributed by atoms with Gasteiger partial charge in [0.15, 0.2) is 13.2 Å². The van der Waals surface area contributed by atoms with Gasteiger partial charge >= 0.3 is 5.97 Å². The van der Waals surface area contributed by atoms with E-state index in [0.717, 1.165) is 16.9 Å². The van der Waals surface area contributed by atoms with E-state index in [4.69, 9.17) is 14.2 Å². The van der Waals surface area contributed by atoms with Crippen molar-refractivity contribution in [2.45, 2.75) is 26.2 Å². The minimum Gasteiger partial charge on any atom is -0.497 e. The van der Waals surface area contributed by atoms with E-state index in [1.807, 2.05) is 48.5 Å². The topological polar surface area (TPSA) is 73.9 Å². The maximum absolute atomic E-state index is 11.8. The lowest BCUT2D eigenvalue weighted by molar-refractivity contribution is -0.150. The SMILES string of the molecule is COc1ccc(CCNC(=O)COC(=O)COc2ccccc2C(C)C)cc1. The van der Waals surface area contributed by atoms with Gasteiger partial charge in [-0.3, -0.25) is 4.79 Å². The van der Waals surface area contributed by atoms with E-state index < -0.39 is 5.97 Å². The van der Waals surface area contributed by atoms with Crippen molar-refractivity contribution in [2.75, 3.05) is 26.9 Å². The zero-order valence-corrected chi connectivity index (χ0v) is 16.6. The second kappa shape index (κ2) is 11.0. The van der Waals surface area contributed by atoms with Crippen molar-refractivity contribution < 1.29 is 23.8 Å². The quantitative estimate of drug-likeness (QED) is 0.636. The fraction of sp³-hybridized carbons (Fsp3) is 0.364. The Hall–Kier alpha value is -3.02. The molecule has 0 fully saturated rings. The number of methoxy groups -OCH3 is 1. The molecule has 0 aliphatic carbocycles. The highest BCUT2D eigenvalue weighted by Gasteiger charge is 2.11. The first-order chi connectivity index (χ1) is 13.5. The molecule has 0 unspecified atom stereocenters. The van der Waals surface area contributed by atoms with Crippen LogP contribution >= 0.6 is 0 Å². The van der Waals surface area contributed by atoms with Gasteiger partial charge in [-0.1, -0.05) is 44.2 Å². The Labute approximate surface area is 165 Å². The summed E-state index contributed by atoms with van der Waals surface area (Å²) in [6.07, 6.45) is 0.679. The Morgan fingerprint density at radius 3 is 2.39 bits per heavy atom. The first-order valence-electron chi connectivity index (χ1n) is 9.26.